The van der Waals surface area contributed by atoms with Gasteiger partial charge in [-0.1, -0.05) is 31.0 Å². The monoisotopic (exact) mass is 288 g/mol. The van der Waals surface area contributed by atoms with Crippen LogP contribution in [0.4, 0.5) is 0 Å². The van der Waals surface area contributed by atoms with Crippen LogP contribution in [0.2, 0.25) is 0 Å². The summed E-state index contributed by atoms with van der Waals surface area (Å²) in [7, 11) is -3.63. The zero-order valence-electron chi connectivity index (χ0n) is 10.5. The van der Waals surface area contributed by atoms with Gasteiger partial charge in [-0.15, -0.1) is 0 Å². The Morgan fingerprint density at radius 3 is 2.50 bits per heavy atom. The van der Waals surface area contributed by atoms with E-state index in [9.17, 15) is 8.42 Å². The van der Waals surface area contributed by atoms with Crippen molar-refractivity contribution in [3.63, 3.8) is 0 Å². The standard InChI is InChI=1S/C12H17ClN2O2S/c1-3-4-9-14-12(13)15-18(16,17)11-7-5-10(2)6-8-11/h5-8H,3-4,9H2,1-2H3,(H,14,15). The molecule has 1 N–H and O–H groups in total. The quantitative estimate of drug-likeness (QED) is 0.392. The van der Waals surface area contributed by atoms with E-state index in [-0.39, 0.29) is 10.2 Å². The number of rotatable bonds is 5. The molecule has 0 saturated carbocycles. The van der Waals surface area contributed by atoms with E-state index in [1.807, 2.05) is 13.8 Å². The van der Waals surface area contributed by atoms with E-state index >= 15 is 0 Å². The molecule has 100 valence electrons. The van der Waals surface area contributed by atoms with E-state index in [0.717, 1.165) is 18.4 Å². The lowest BCUT2D eigenvalue weighted by atomic mass is 10.2. The van der Waals surface area contributed by atoms with Crippen molar-refractivity contribution in [2.75, 3.05) is 6.54 Å². The van der Waals surface area contributed by atoms with Crippen LogP contribution in [-0.2, 0) is 10.0 Å². The van der Waals surface area contributed by atoms with Gasteiger partial charge in [-0.3, -0.25) is 9.71 Å². The van der Waals surface area contributed by atoms with Gasteiger partial charge in [0.25, 0.3) is 10.0 Å². The number of aliphatic imine (C=N–C) groups is 1. The molecule has 0 aliphatic rings. The molecule has 0 aromatic heterocycles. The zero-order chi connectivity index (χ0) is 13.6. The number of benzene rings is 1. The maximum atomic E-state index is 11.9. The number of unbranched alkanes of at least 4 members (excludes halogenated alkanes) is 1. The molecule has 0 aliphatic heterocycles. The highest BCUT2D eigenvalue weighted by Gasteiger charge is 2.14. The summed E-state index contributed by atoms with van der Waals surface area (Å²) in [4.78, 5) is 4.11. The number of sulfonamides is 1. The molecule has 18 heavy (non-hydrogen) atoms. The van der Waals surface area contributed by atoms with Gasteiger partial charge in [0.2, 0.25) is 5.29 Å². The molecule has 0 atom stereocenters. The molecule has 0 spiro atoms. The normalized spacial score (nSPS) is 12.5. The minimum Gasteiger partial charge on any atom is -0.257 e. The first-order valence-corrected chi connectivity index (χ1v) is 7.61. The Bertz CT molecular complexity index is 509. The topological polar surface area (TPSA) is 58.5 Å². The predicted octanol–water partition coefficient (Wildman–Crippen LogP) is 2.67. The van der Waals surface area contributed by atoms with Crippen molar-refractivity contribution in [3.8, 4) is 0 Å². The number of hydrogen-bond donors (Lipinski definition) is 1. The van der Waals surface area contributed by atoms with Crippen LogP contribution in [0, 0.1) is 6.92 Å². The van der Waals surface area contributed by atoms with Crippen molar-refractivity contribution in [2.45, 2.75) is 31.6 Å². The summed E-state index contributed by atoms with van der Waals surface area (Å²) in [5.74, 6) is 0. The lowest BCUT2D eigenvalue weighted by molar-refractivity contribution is 0.592. The van der Waals surface area contributed by atoms with Crippen molar-refractivity contribution < 1.29 is 8.42 Å². The molecule has 4 nitrogen and oxygen atoms in total. The Labute approximate surface area is 113 Å². The van der Waals surface area contributed by atoms with Gasteiger partial charge in [-0.2, -0.15) is 0 Å². The molecule has 1 rings (SSSR count). The number of nitrogens with zero attached hydrogens (tertiary/aromatic N) is 1. The van der Waals surface area contributed by atoms with Crippen molar-refractivity contribution in [2.24, 2.45) is 4.99 Å². The van der Waals surface area contributed by atoms with Gasteiger partial charge in [0.1, 0.15) is 0 Å². The third-order valence-corrected chi connectivity index (χ3v) is 3.99. The third kappa shape index (κ3) is 4.66. The molecule has 6 heteroatoms. The number of amidine groups is 1. The van der Waals surface area contributed by atoms with Crippen LogP contribution in [0.25, 0.3) is 0 Å². The molecule has 0 amide bonds. The lowest BCUT2D eigenvalue weighted by Crippen LogP contribution is -2.27. The molecule has 0 heterocycles. The van der Waals surface area contributed by atoms with Crippen LogP contribution in [0.3, 0.4) is 0 Å². The Morgan fingerprint density at radius 2 is 1.94 bits per heavy atom. The fourth-order valence-electron chi connectivity index (χ4n) is 1.25. The number of halogens is 1. The van der Waals surface area contributed by atoms with Crippen LogP contribution >= 0.6 is 11.6 Å². The molecular formula is C12H17ClN2O2S. The van der Waals surface area contributed by atoms with Gasteiger partial charge in [-0.25, -0.2) is 8.42 Å². The molecule has 0 saturated heterocycles. The summed E-state index contributed by atoms with van der Waals surface area (Å²) in [5.41, 5.74) is 0.997. The van der Waals surface area contributed by atoms with Crippen molar-refractivity contribution in [1.29, 1.82) is 0 Å². The zero-order valence-corrected chi connectivity index (χ0v) is 12.1. The Morgan fingerprint density at radius 1 is 1.33 bits per heavy atom. The Balaban J connectivity index is 2.76. The second kappa shape index (κ2) is 6.75. The van der Waals surface area contributed by atoms with E-state index in [1.165, 1.54) is 12.1 Å². The van der Waals surface area contributed by atoms with Crippen LogP contribution in [-0.4, -0.2) is 20.3 Å². The van der Waals surface area contributed by atoms with Gasteiger partial charge >= 0.3 is 0 Å². The molecule has 0 aliphatic carbocycles. The first-order valence-electron chi connectivity index (χ1n) is 5.75. The van der Waals surface area contributed by atoms with Crippen molar-refractivity contribution >= 4 is 26.9 Å². The number of nitrogens with one attached hydrogen (secondary N) is 1. The van der Waals surface area contributed by atoms with Crippen molar-refractivity contribution in [1.82, 2.24) is 4.72 Å². The van der Waals surface area contributed by atoms with E-state index in [4.69, 9.17) is 11.6 Å². The Hall–Kier alpha value is -1.07. The maximum Gasteiger partial charge on any atom is 0.263 e. The molecule has 0 bridgehead atoms. The van der Waals surface area contributed by atoms with Crippen LogP contribution < -0.4 is 4.72 Å². The van der Waals surface area contributed by atoms with Crippen molar-refractivity contribution in [3.05, 3.63) is 29.8 Å². The molecule has 1 aromatic carbocycles. The maximum absolute atomic E-state index is 11.9. The van der Waals surface area contributed by atoms with Gasteiger partial charge in [0, 0.05) is 6.54 Å². The number of aryl methyl sites for hydroxylation is 1. The lowest BCUT2D eigenvalue weighted by Gasteiger charge is -2.06. The highest BCUT2D eigenvalue weighted by atomic mass is 35.5. The van der Waals surface area contributed by atoms with E-state index in [1.54, 1.807) is 12.1 Å². The second-order valence-electron chi connectivity index (χ2n) is 3.94. The number of hydrogen-bond acceptors (Lipinski definition) is 3. The smallest absolute Gasteiger partial charge is 0.257 e. The van der Waals surface area contributed by atoms with E-state index in [0.29, 0.717) is 6.54 Å². The van der Waals surface area contributed by atoms with Crippen LogP contribution in [0.1, 0.15) is 25.3 Å². The summed E-state index contributed by atoms with van der Waals surface area (Å²) in [6.07, 6.45) is 1.86. The summed E-state index contributed by atoms with van der Waals surface area (Å²) in [6.45, 7) is 4.44. The minimum absolute atomic E-state index is 0.0935. The molecular weight excluding hydrogens is 272 g/mol. The predicted molar refractivity (Wildman–Crippen MR) is 74.6 cm³/mol. The summed E-state index contributed by atoms with van der Waals surface area (Å²) in [6, 6.07) is 6.54. The molecule has 1 aromatic rings. The average molecular weight is 289 g/mol. The van der Waals surface area contributed by atoms with Crippen LogP contribution in [0.15, 0.2) is 34.2 Å². The molecule has 0 radical (unpaired) electrons. The first-order chi connectivity index (χ1) is 8.45. The highest BCUT2D eigenvalue weighted by molar-refractivity contribution is 7.90. The largest absolute Gasteiger partial charge is 0.263 e. The van der Waals surface area contributed by atoms with E-state index < -0.39 is 10.0 Å². The highest BCUT2D eigenvalue weighted by Crippen LogP contribution is 2.10. The minimum atomic E-state index is -3.63. The van der Waals surface area contributed by atoms with Gasteiger partial charge < -0.3 is 0 Å². The van der Waals surface area contributed by atoms with E-state index in [2.05, 4.69) is 9.71 Å². The summed E-state index contributed by atoms with van der Waals surface area (Å²) < 4.78 is 26.1. The Kier molecular flexibility index (Phi) is 5.62. The molecule has 0 fully saturated rings. The van der Waals surface area contributed by atoms with Crippen LogP contribution in [0.5, 0.6) is 0 Å². The fraction of sp³-hybridized carbons (Fsp3) is 0.417. The average Bonchev–Trinajstić information content (AvgIpc) is 2.29. The first kappa shape index (κ1) is 15.0. The third-order valence-electron chi connectivity index (χ3n) is 2.31. The second-order valence-corrected chi connectivity index (χ2v) is 5.99. The van der Waals surface area contributed by atoms with Gasteiger partial charge in [0.15, 0.2) is 0 Å². The fourth-order valence-corrected chi connectivity index (χ4v) is 2.54. The summed E-state index contributed by atoms with van der Waals surface area (Å²) in [5, 5.41) is -0.0935. The van der Waals surface area contributed by atoms with Gasteiger partial charge in [-0.05, 0) is 37.1 Å². The summed E-state index contributed by atoms with van der Waals surface area (Å²) >= 11 is 5.74. The van der Waals surface area contributed by atoms with Gasteiger partial charge in [0.05, 0.1) is 4.90 Å². The molecule has 0 unspecified atom stereocenters. The SMILES string of the molecule is CCCCN=C(Cl)NS(=O)(=O)c1ccc(C)cc1.